The summed E-state index contributed by atoms with van der Waals surface area (Å²) < 4.78 is 0. The summed E-state index contributed by atoms with van der Waals surface area (Å²) in [5.74, 6) is 0. The molecule has 0 atom stereocenters. The number of aromatic nitrogens is 1. The number of nitrogens with one attached hydrogen (secondary N) is 1. The summed E-state index contributed by atoms with van der Waals surface area (Å²) in [5, 5.41) is 3.42. The van der Waals surface area contributed by atoms with E-state index in [0.29, 0.717) is 6.04 Å². The van der Waals surface area contributed by atoms with Crippen molar-refractivity contribution in [1.82, 2.24) is 15.2 Å². The number of hydrogen-bond acceptors (Lipinski definition) is 4. The Morgan fingerprint density at radius 3 is 2.60 bits per heavy atom. The van der Waals surface area contributed by atoms with Crippen molar-refractivity contribution in [1.29, 1.82) is 0 Å². The quantitative estimate of drug-likeness (QED) is 0.751. The van der Waals surface area contributed by atoms with E-state index in [0.717, 1.165) is 31.9 Å². The first-order valence-corrected chi connectivity index (χ1v) is 7.61. The van der Waals surface area contributed by atoms with Crippen molar-refractivity contribution in [2.24, 2.45) is 0 Å². The van der Waals surface area contributed by atoms with Crippen molar-refractivity contribution in [2.75, 3.05) is 38.6 Å². The van der Waals surface area contributed by atoms with Crippen LogP contribution >= 0.6 is 0 Å². The summed E-state index contributed by atoms with van der Waals surface area (Å²) in [6, 6.07) is 4.80. The van der Waals surface area contributed by atoms with Gasteiger partial charge in [0, 0.05) is 37.6 Å². The molecule has 0 aromatic carbocycles. The van der Waals surface area contributed by atoms with E-state index in [1.807, 2.05) is 6.20 Å². The van der Waals surface area contributed by atoms with Gasteiger partial charge in [-0.15, -0.1) is 0 Å². The first-order valence-electron chi connectivity index (χ1n) is 7.61. The lowest BCUT2D eigenvalue weighted by atomic mass is 10.2. The second-order valence-electron chi connectivity index (χ2n) is 5.78. The molecule has 1 heterocycles. The van der Waals surface area contributed by atoms with Crippen LogP contribution in [-0.4, -0.2) is 49.7 Å². The molecule has 0 amide bonds. The van der Waals surface area contributed by atoms with Gasteiger partial charge in [-0.05, 0) is 46.1 Å². The van der Waals surface area contributed by atoms with E-state index in [1.165, 1.54) is 12.1 Å². The van der Waals surface area contributed by atoms with Crippen LogP contribution in [0.5, 0.6) is 0 Å². The average molecular weight is 278 g/mol. The smallest absolute Gasteiger partial charge is 0.0562 e. The molecule has 4 heteroatoms. The molecule has 20 heavy (non-hydrogen) atoms. The van der Waals surface area contributed by atoms with E-state index >= 15 is 0 Å². The molecule has 4 nitrogen and oxygen atoms in total. The maximum atomic E-state index is 4.44. The van der Waals surface area contributed by atoms with Crippen molar-refractivity contribution in [3.05, 3.63) is 24.0 Å². The maximum Gasteiger partial charge on any atom is 0.0562 e. The van der Waals surface area contributed by atoms with Crippen LogP contribution in [0.2, 0.25) is 0 Å². The predicted octanol–water partition coefficient (Wildman–Crippen LogP) is 2.36. The Hall–Kier alpha value is -1.13. The second kappa shape index (κ2) is 8.93. The highest BCUT2D eigenvalue weighted by atomic mass is 15.1. The van der Waals surface area contributed by atoms with E-state index in [9.17, 15) is 0 Å². The summed E-state index contributed by atoms with van der Waals surface area (Å²) in [6.07, 6.45) is 3.10. The van der Waals surface area contributed by atoms with Crippen LogP contribution in [0.25, 0.3) is 0 Å². The van der Waals surface area contributed by atoms with Crippen LogP contribution in [0.4, 0.5) is 5.69 Å². The zero-order valence-electron chi connectivity index (χ0n) is 13.7. The van der Waals surface area contributed by atoms with Gasteiger partial charge in [0.05, 0.1) is 5.69 Å². The zero-order chi connectivity index (χ0) is 15.0. The molecule has 0 aliphatic rings. The normalized spacial score (nSPS) is 11.3. The molecule has 1 N–H and O–H groups in total. The number of pyridine rings is 1. The summed E-state index contributed by atoms with van der Waals surface area (Å²) >= 11 is 0. The van der Waals surface area contributed by atoms with Crippen LogP contribution in [0.3, 0.4) is 0 Å². The van der Waals surface area contributed by atoms with Gasteiger partial charge in [0.15, 0.2) is 0 Å². The molecule has 0 unspecified atom stereocenters. The SMILES string of the molecule is CCN(CCCN(C)C)c1ccnc(CNC(C)C)c1. The maximum absolute atomic E-state index is 4.44. The Bertz CT molecular complexity index is 376. The van der Waals surface area contributed by atoms with E-state index in [-0.39, 0.29) is 0 Å². The highest BCUT2D eigenvalue weighted by Gasteiger charge is 2.06. The summed E-state index contributed by atoms with van der Waals surface area (Å²) in [6.45, 7) is 10.6. The molecule has 1 aromatic rings. The number of hydrogen-bond donors (Lipinski definition) is 1. The molecule has 0 saturated carbocycles. The molecule has 114 valence electrons. The van der Waals surface area contributed by atoms with Crippen molar-refractivity contribution in [3.63, 3.8) is 0 Å². The topological polar surface area (TPSA) is 31.4 Å². The number of rotatable bonds is 9. The van der Waals surface area contributed by atoms with Crippen molar-refractivity contribution >= 4 is 5.69 Å². The monoisotopic (exact) mass is 278 g/mol. The van der Waals surface area contributed by atoms with Crippen LogP contribution in [0.1, 0.15) is 32.9 Å². The lowest BCUT2D eigenvalue weighted by Crippen LogP contribution is -2.27. The molecule has 1 rings (SSSR count). The largest absolute Gasteiger partial charge is 0.372 e. The lowest BCUT2D eigenvalue weighted by Gasteiger charge is -2.24. The fourth-order valence-electron chi connectivity index (χ4n) is 2.12. The van der Waals surface area contributed by atoms with E-state index in [2.05, 4.69) is 67.1 Å². The van der Waals surface area contributed by atoms with Crippen LogP contribution < -0.4 is 10.2 Å². The predicted molar refractivity (Wildman–Crippen MR) is 87.3 cm³/mol. The third kappa shape index (κ3) is 6.35. The Labute approximate surface area is 124 Å². The fraction of sp³-hybridized carbons (Fsp3) is 0.688. The van der Waals surface area contributed by atoms with Crippen LogP contribution in [-0.2, 0) is 6.54 Å². The van der Waals surface area contributed by atoms with Gasteiger partial charge >= 0.3 is 0 Å². The molecular formula is C16H30N4. The molecule has 0 saturated heterocycles. The Balaban J connectivity index is 2.60. The minimum absolute atomic E-state index is 0.489. The third-order valence-corrected chi connectivity index (χ3v) is 3.27. The number of anilines is 1. The summed E-state index contributed by atoms with van der Waals surface area (Å²) in [7, 11) is 4.25. The minimum atomic E-state index is 0.489. The summed E-state index contributed by atoms with van der Waals surface area (Å²) in [5.41, 5.74) is 2.39. The average Bonchev–Trinajstić information content (AvgIpc) is 2.41. The van der Waals surface area contributed by atoms with Gasteiger partial charge in [-0.25, -0.2) is 0 Å². The second-order valence-corrected chi connectivity index (χ2v) is 5.78. The first kappa shape index (κ1) is 16.9. The molecule has 0 radical (unpaired) electrons. The molecule has 0 aliphatic carbocycles. The standard InChI is InChI=1S/C16H30N4/c1-6-20(11-7-10-19(4)5)16-8-9-17-15(12-16)13-18-14(2)3/h8-9,12,14,18H,6-7,10-11,13H2,1-5H3. The van der Waals surface area contributed by atoms with Gasteiger partial charge in [0.2, 0.25) is 0 Å². The Morgan fingerprint density at radius 1 is 1.25 bits per heavy atom. The van der Waals surface area contributed by atoms with Gasteiger partial charge < -0.3 is 15.1 Å². The fourth-order valence-corrected chi connectivity index (χ4v) is 2.12. The number of nitrogens with zero attached hydrogens (tertiary/aromatic N) is 3. The molecule has 0 spiro atoms. The van der Waals surface area contributed by atoms with E-state index < -0.39 is 0 Å². The Kier molecular flexibility index (Phi) is 7.55. The van der Waals surface area contributed by atoms with Gasteiger partial charge in [0.25, 0.3) is 0 Å². The molecule has 0 fully saturated rings. The van der Waals surface area contributed by atoms with Crippen molar-refractivity contribution in [3.8, 4) is 0 Å². The van der Waals surface area contributed by atoms with Crippen molar-refractivity contribution < 1.29 is 0 Å². The molecule has 0 bridgehead atoms. The van der Waals surface area contributed by atoms with Gasteiger partial charge in [-0.3, -0.25) is 4.98 Å². The van der Waals surface area contributed by atoms with Gasteiger partial charge in [-0.2, -0.15) is 0 Å². The third-order valence-electron chi connectivity index (χ3n) is 3.27. The molecular weight excluding hydrogens is 248 g/mol. The van der Waals surface area contributed by atoms with Crippen LogP contribution in [0, 0.1) is 0 Å². The minimum Gasteiger partial charge on any atom is -0.372 e. The molecule has 0 aliphatic heterocycles. The van der Waals surface area contributed by atoms with Gasteiger partial charge in [-0.1, -0.05) is 13.8 Å². The van der Waals surface area contributed by atoms with E-state index in [1.54, 1.807) is 0 Å². The first-order chi connectivity index (χ1) is 9.52. The highest BCUT2D eigenvalue weighted by Crippen LogP contribution is 2.15. The zero-order valence-corrected chi connectivity index (χ0v) is 13.7. The van der Waals surface area contributed by atoms with E-state index in [4.69, 9.17) is 0 Å². The molecule has 1 aromatic heterocycles. The van der Waals surface area contributed by atoms with Gasteiger partial charge in [0.1, 0.15) is 0 Å². The highest BCUT2D eigenvalue weighted by molar-refractivity contribution is 5.46. The Morgan fingerprint density at radius 2 is 2.00 bits per heavy atom. The van der Waals surface area contributed by atoms with Crippen LogP contribution in [0.15, 0.2) is 18.3 Å². The summed E-state index contributed by atoms with van der Waals surface area (Å²) in [4.78, 5) is 9.09. The lowest BCUT2D eigenvalue weighted by molar-refractivity contribution is 0.400. The van der Waals surface area contributed by atoms with Crippen molar-refractivity contribution in [2.45, 2.75) is 39.8 Å².